The summed E-state index contributed by atoms with van der Waals surface area (Å²) in [6.45, 7) is 6.02. The molecule has 0 atom stereocenters. The molecule has 0 amide bonds. The Kier molecular flexibility index (Phi) is 3.18. The second-order valence-corrected chi connectivity index (χ2v) is 3.76. The highest BCUT2D eigenvalue weighted by molar-refractivity contribution is 5.53. The summed E-state index contributed by atoms with van der Waals surface area (Å²) < 4.78 is 5.34. The molecule has 0 saturated carbocycles. The molecule has 1 aliphatic rings. The first-order valence-electron chi connectivity index (χ1n) is 5.29. The van der Waals surface area contributed by atoms with Crippen molar-refractivity contribution < 1.29 is 4.74 Å². The van der Waals surface area contributed by atoms with Crippen molar-refractivity contribution >= 4 is 5.69 Å². The van der Waals surface area contributed by atoms with Crippen LogP contribution in [0.5, 0.6) is 0 Å². The van der Waals surface area contributed by atoms with Crippen LogP contribution in [-0.4, -0.2) is 31.3 Å². The number of nitrogens with zero attached hydrogens (tertiary/aromatic N) is 2. The minimum absolute atomic E-state index is 0.542. The van der Waals surface area contributed by atoms with Crippen LogP contribution < -0.4 is 10.6 Å². The maximum atomic E-state index is 5.71. The number of morpholine rings is 1. The predicted octanol–water partition coefficient (Wildman–Crippen LogP) is 0.685. The number of anilines is 1. The number of rotatable bonds is 2. The van der Waals surface area contributed by atoms with Gasteiger partial charge in [-0.15, -0.1) is 0 Å². The molecule has 4 nitrogen and oxygen atoms in total. The zero-order valence-electron chi connectivity index (χ0n) is 9.07. The summed E-state index contributed by atoms with van der Waals surface area (Å²) >= 11 is 0. The summed E-state index contributed by atoms with van der Waals surface area (Å²) in [5, 5.41) is 0. The molecule has 0 bridgehead atoms. The predicted molar refractivity (Wildman–Crippen MR) is 59.9 cm³/mol. The number of aromatic nitrogens is 1. The Morgan fingerprint density at radius 1 is 1.47 bits per heavy atom. The van der Waals surface area contributed by atoms with Gasteiger partial charge in [-0.05, 0) is 13.0 Å². The van der Waals surface area contributed by atoms with Crippen molar-refractivity contribution in [3.63, 3.8) is 0 Å². The van der Waals surface area contributed by atoms with Gasteiger partial charge in [-0.25, -0.2) is 0 Å². The molecule has 1 aromatic rings. The monoisotopic (exact) mass is 207 g/mol. The van der Waals surface area contributed by atoms with E-state index in [0.717, 1.165) is 37.6 Å². The lowest BCUT2D eigenvalue weighted by Gasteiger charge is -2.30. The van der Waals surface area contributed by atoms with Gasteiger partial charge in [0.1, 0.15) is 0 Å². The molecule has 82 valence electrons. The Bertz CT molecular complexity index is 335. The van der Waals surface area contributed by atoms with Gasteiger partial charge in [0.15, 0.2) is 0 Å². The number of ether oxygens (including phenoxy) is 1. The number of nitrogens with two attached hydrogens (primary N) is 1. The van der Waals surface area contributed by atoms with Crippen LogP contribution in [0.2, 0.25) is 0 Å². The van der Waals surface area contributed by atoms with Gasteiger partial charge < -0.3 is 15.4 Å². The summed E-state index contributed by atoms with van der Waals surface area (Å²) in [4.78, 5) is 6.59. The van der Waals surface area contributed by atoms with Crippen molar-refractivity contribution in [2.75, 3.05) is 31.2 Å². The number of hydrogen-bond acceptors (Lipinski definition) is 4. The third-order valence-corrected chi connectivity index (χ3v) is 2.67. The van der Waals surface area contributed by atoms with Crippen LogP contribution in [0.25, 0.3) is 0 Å². The fourth-order valence-electron chi connectivity index (χ4n) is 1.83. The first-order valence-corrected chi connectivity index (χ1v) is 5.29. The molecule has 1 aliphatic heterocycles. The molecule has 4 heteroatoms. The Hall–Kier alpha value is -1.13. The highest BCUT2D eigenvalue weighted by atomic mass is 16.5. The Balaban J connectivity index is 2.27. The van der Waals surface area contributed by atoms with Gasteiger partial charge in [0.2, 0.25) is 0 Å². The van der Waals surface area contributed by atoms with Gasteiger partial charge in [0, 0.05) is 42.8 Å². The van der Waals surface area contributed by atoms with Gasteiger partial charge in [0.05, 0.1) is 13.2 Å². The lowest BCUT2D eigenvalue weighted by Crippen LogP contribution is -2.37. The van der Waals surface area contributed by atoms with Crippen LogP contribution >= 0.6 is 0 Å². The molecule has 2 N–H and O–H groups in total. The van der Waals surface area contributed by atoms with E-state index in [1.54, 1.807) is 0 Å². The Labute approximate surface area is 90.0 Å². The van der Waals surface area contributed by atoms with Gasteiger partial charge in [-0.3, -0.25) is 4.98 Å². The molecule has 0 aromatic carbocycles. The van der Waals surface area contributed by atoms with Crippen molar-refractivity contribution in [1.29, 1.82) is 0 Å². The summed E-state index contributed by atoms with van der Waals surface area (Å²) in [6, 6.07) is 2.10. The molecule has 0 aliphatic carbocycles. The van der Waals surface area contributed by atoms with Crippen LogP contribution in [0, 0.1) is 6.92 Å². The SMILES string of the molecule is Cc1cc(N2CCOCC2)c(CN)cn1. The van der Waals surface area contributed by atoms with E-state index in [9.17, 15) is 0 Å². The average molecular weight is 207 g/mol. The van der Waals surface area contributed by atoms with Crippen molar-refractivity contribution in [2.24, 2.45) is 5.73 Å². The zero-order chi connectivity index (χ0) is 10.7. The van der Waals surface area contributed by atoms with E-state index in [-0.39, 0.29) is 0 Å². The fraction of sp³-hybridized carbons (Fsp3) is 0.545. The second kappa shape index (κ2) is 4.59. The second-order valence-electron chi connectivity index (χ2n) is 3.76. The largest absolute Gasteiger partial charge is 0.378 e. The third kappa shape index (κ3) is 2.27. The maximum Gasteiger partial charge on any atom is 0.0642 e. The Morgan fingerprint density at radius 2 is 2.20 bits per heavy atom. The van der Waals surface area contributed by atoms with E-state index in [1.807, 2.05) is 13.1 Å². The molecule has 2 heterocycles. The smallest absolute Gasteiger partial charge is 0.0642 e. The van der Waals surface area contributed by atoms with Gasteiger partial charge >= 0.3 is 0 Å². The summed E-state index contributed by atoms with van der Waals surface area (Å²) in [5.41, 5.74) is 9.07. The zero-order valence-corrected chi connectivity index (χ0v) is 9.07. The van der Waals surface area contributed by atoms with E-state index in [2.05, 4.69) is 16.0 Å². The topological polar surface area (TPSA) is 51.4 Å². The van der Waals surface area contributed by atoms with Crippen LogP contribution in [0.15, 0.2) is 12.3 Å². The van der Waals surface area contributed by atoms with Crippen LogP contribution in [-0.2, 0) is 11.3 Å². The molecule has 0 radical (unpaired) electrons. The molecule has 2 rings (SSSR count). The van der Waals surface area contributed by atoms with Crippen molar-refractivity contribution in [1.82, 2.24) is 4.98 Å². The molecule has 1 saturated heterocycles. The minimum atomic E-state index is 0.542. The molecule has 1 aromatic heterocycles. The van der Waals surface area contributed by atoms with Gasteiger partial charge in [-0.1, -0.05) is 0 Å². The van der Waals surface area contributed by atoms with E-state index in [0.29, 0.717) is 6.54 Å². The van der Waals surface area contributed by atoms with Crippen LogP contribution in [0.4, 0.5) is 5.69 Å². The summed E-state index contributed by atoms with van der Waals surface area (Å²) in [5.74, 6) is 0. The third-order valence-electron chi connectivity index (χ3n) is 2.67. The lowest BCUT2D eigenvalue weighted by molar-refractivity contribution is 0.122. The molecular formula is C11H17N3O. The van der Waals surface area contributed by atoms with Gasteiger partial charge in [-0.2, -0.15) is 0 Å². The van der Waals surface area contributed by atoms with E-state index >= 15 is 0 Å². The molecular weight excluding hydrogens is 190 g/mol. The molecule has 0 spiro atoms. The first kappa shape index (κ1) is 10.4. The van der Waals surface area contributed by atoms with Gasteiger partial charge in [0.25, 0.3) is 0 Å². The van der Waals surface area contributed by atoms with Crippen LogP contribution in [0.3, 0.4) is 0 Å². The van der Waals surface area contributed by atoms with E-state index in [1.165, 1.54) is 5.69 Å². The number of aryl methyl sites for hydroxylation is 1. The lowest BCUT2D eigenvalue weighted by atomic mass is 10.2. The first-order chi connectivity index (χ1) is 7.31. The van der Waals surface area contributed by atoms with Crippen molar-refractivity contribution in [2.45, 2.75) is 13.5 Å². The van der Waals surface area contributed by atoms with E-state index < -0.39 is 0 Å². The highest BCUT2D eigenvalue weighted by Gasteiger charge is 2.14. The fourth-order valence-corrected chi connectivity index (χ4v) is 1.83. The highest BCUT2D eigenvalue weighted by Crippen LogP contribution is 2.21. The van der Waals surface area contributed by atoms with Crippen molar-refractivity contribution in [3.8, 4) is 0 Å². The number of pyridine rings is 1. The number of hydrogen-bond donors (Lipinski definition) is 1. The minimum Gasteiger partial charge on any atom is -0.378 e. The quantitative estimate of drug-likeness (QED) is 0.775. The molecule has 15 heavy (non-hydrogen) atoms. The standard InChI is InChI=1S/C11H17N3O/c1-9-6-11(10(7-12)8-13-9)14-2-4-15-5-3-14/h6,8H,2-5,7,12H2,1H3. The summed E-state index contributed by atoms with van der Waals surface area (Å²) in [7, 11) is 0. The van der Waals surface area contributed by atoms with E-state index in [4.69, 9.17) is 10.5 Å². The van der Waals surface area contributed by atoms with Crippen molar-refractivity contribution in [3.05, 3.63) is 23.5 Å². The maximum absolute atomic E-state index is 5.71. The normalized spacial score (nSPS) is 16.8. The molecule has 1 fully saturated rings. The average Bonchev–Trinajstić information content (AvgIpc) is 2.30. The summed E-state index contributed by atoms with van der Waals surface area (Å²) in [6.07, 6.45) is 1.88. The Morgan fingerprint density at radius 3 is 2.87 bits per heavy atom. The van der Waals surface area contributed by atoms with Crippen LogP contribution in [0.1, 0.15) is 11.3 Å². The molecule has 0 unspecified atom stereocenters.